The third-order valence-electron chi connectivity index (χ3n) is 2.88. The molecule has 2 rings (SSSR count). The van der Waals surface area contributed by atoms with Crippen molar-refractivity contribution in [3.63, 3.8) is 0 Å². The Labute approximate surface area is 107 Å². The Kier molecular flexibility index (Phi) is 4.28. The van der Waals surface area contributed by atoms with Crippen molar-refractivity contribution in [2.24, 2.45) is 0 Å². The van der Waals surface area contributed by atoms with Crippen molar-refractivity contribution >= 4 is 0 Å². The molecular formula is C13H19NO4. The lowest BCUT2D eigenvalue weighted by molar-refractivity contribution is 0.117. The van der Waals surface area contributed by atoms with Crippen LogP contribution in [0.5, 0.6) is 17.2 Å². The van der Waals surface area contributed by atoms with Gasteiger partial charge >= 0.3 is 0 Å². The van der Waals surface area contributed by atoms with Gasteiger partial charge in [0.25, 0.3) is 0 Å². The van der Waals surface area contributed by atoms with Gasteiger partial charge in [0.15, 0.2) is 11.5 Å². The SMILES string of the molecule is COc1cc(CNCC(C)OC)cc2c1OCO2. The first-order chi connectivity index (χ1) is 8.74. The van der Waals surface area contributed by atoms with Crippen LogP contribution < -0.4 is 19.5 Å². The van der Waals surface area contributed by atoms with Crippen LogP contribution in [0.4, 0.5) is 0 Å². The molecule has 1 aromatic carbocycles. The third-order valence-corrected chi connectivity index (χ3v) is 2.88. The first kappa shape index (κ1) is 13.0. The van der Waals surface area contributed by atoms with Crippen LogP contribution in [0.15, 0.2) is 12.1 Å². The van der Waals surface area contributed by atoms with Gasteiger partial charge in [-0.2, -0.15) is 0 Å². The summed E-state index contributed by atoms with van der Waals surface area (Å²) in [5, 5.41) is 3.32. The van der Waals surface area contributed by atoms with Gasteiger partial charge in [-0.3, -0.25) is 0 Å². The Morgan fingerprint density at radius 1 is 1.33 bits per heavy atom. The van der Waals surface area contributed by atoms with Crippen molar-refractivity contribution in [3.8, 4) is 17.2 Å². The average molecular weight is 253 g/mol. The zero-order valence-electron chi connectivity index (χ0n) is 11.0. The van der Waals surface area contributed by atoms with Gasteiger partial charge in [0.2, 0.25) is 12.5 Å². The first-order valence-electron chi connectivity index (χ1n) is 5.94. The number of rotatable bonds is 6. The summed E-state index contributed by atoms with van der Waals surface area (Å²) >= 11 is 0. The minimum atomic E-state index is 0.195. The van der Waals surface area contributed by atoms with Crippen molar-refractivity contribution in [1.29, 1.82) is 0 Å². The Balaban J connectivity index is 2.01. The van der Waals surface area contributed by atoms with Crippen LogP contribution in [-0.2, 0) is 11.3 Å². The van der Waals surface area contributed by atoms with E-state index in [1.165, 1.54) is 0 Å². The molecule has 1 N–H and O–H groups in total. The van der Waals surface area contributed by atoms with E-state index < -0.39 is 0 Å². The normalized spacial score (nSPS) is 14.6. The molecule has 0 fully saturated rings. The molecule has 0 saturated carbocycles. The molecule has 0 amide bonds. The van der Waals surface area contributed by atoms with Gasteiger partial charge in [-0.15, -0.1) is 0 Å². The predicted octanol–water partition coefficient (Wildman–Crippen LogP) is 1.55. The van der Waals surface area contributed by atoms with Crippen LogP contribution in [0.3, 0.4) is 0 Å². The van der Waals surface area contributed by atoms with Crippen molar-refractivity contribution in [1.82, 2.24) is 5.32 Å². The Bertz CT molecular complexity index is 408. The number of methoxy groups -OCH3 is 2. The van der Waals surface area contributed by atoms with Crippen molar-refractivity contribution < 1.29 is 18.9 Å². The number of ether oxygens (including phenoxy) is 4. The topological polar surface area (TPSA) is 49.0 Å². The lowest BCUT2D eigenvalue weighted by atomic mass is 10.2. The molecule has 0 aliphatic carbocycles. The predicted molar refractivity (Wildman–Crippen MR) is 67.3 cm³/mol. The summed E-state index contributed by atoms with van der Waals surface area (Å²) in [6.07, 6.45) is 0.195. The fraction of sp³-hybridized carbons (Fsp3) is 0.538. The van der Waals surface area contributed by atoms with Crippen molar-refractivity contribution in [3.05, 3.63) is 17.7 Å². The van der Waals surface area contributed by atoms with Gasteiger partial charge in [0.05, 0.1) is 13.2 Å². The largest absolute Gasteiger partial charge is 0.493 e. The number of nitrogens with one attached hydrogen (secondary N) is 1. The highest BCUT2D eigenvalue weighted by Crippen LogP contribution is 2.41. The molecule has 0 spiro atoms. The lowest BCUT2D eigenvalue weighted by Gasteiger charge is -2.12. The van der Waals surface area contributed by atoms with Crippen LogP contribution in [0.1, 0.15) is 12.5 Å². The monoisotopic (exact) mass is 253 g/mol. The van der Waals surface area contributed by atoms with Crippen molar-refractivity contribution in [2.45, 2.75) is 19.6 Å². The van der Waals surface area contributed by atoms with E-state index in [0.29, 0.717) is 11.5 Å². The fourth-order valence-electron chi connectivity index (χ4n) is 1.79. The van der Waals surface area contributed by atoms with E-state index in [1.54, 1.807) is 14.2 Å². The molecule has 1 aliphatic rings. The highest BCUT2D eigenvalue weighted by atomic mass is 16.7. The second-order valence-electron chi connectivity index (χ2n) is 4.21. The molecule has 0 radical (unpaired) electrons. The van der Waals surface area contributed by atoms with E-state index in [4.69, 9.17) is 18.9 Å². The summed E-state index contributed by atoms with van der Waals surface area (Å²) in [6.45, 7) is 3.81. The van der Waals surface area contributed by atoms with Gasteiger partial charge in [0, 0.05) is 20.2 Å². The molecule has 0 saturated heterocycles. The van der Waals surface area contributed by atoms with E-state index in [1.807, 2.05) is 19.1 Å². The molecule has 0 bridgehead atoms. The molecule has 100 valence electrons. The van der Waals surface area contributed by atoms with Gasteiger partial charge < -0.3 is 24.3 Å². The molecule has 0 aromatic heterocycles. The number of fused-ring (bicyclic) bond motifs is 1. The molecule has 18 heavy (non-hydrogen) atoms. The number of benzene rings is 1. The van der Waals surface area contributed by atoms with E-state index in [9.17, 15) is 0 Å². The smallest absolute Gasteiger partial charge is 0.231 e. The second kappa shape index (κ2) is 5.93. The average Bonchev–Trinajstić information content (AvgIpc) is 2.85. The minimum Gasteiger partial charge on any atom is -0.493 e. The third kappa shape index (κ3) is 2.86. The standard InChI is InChI=1S/C13H19NO4/c1-9(15-2)6-14-7-10-4-11(16-3)13-12(5-10)17-8-18-13/h4-5,9,14H,6-8H2,1-3H3. The number of hydrogen-bond donors (Lipinski definition) is 1. The van der Waals surface area contributed by atoms with E-state index in [-0.39, 0.29) is 12.9 Å². The Morgan fingerprint density at radius 2 is 2.17 bits per heavy atom. The molecule has 5 heteroatoms. The van der Waals surface area contributed by atoms with Crippen LogP contribution >= 0.6 is 0 Å². The highest BCUT2D eigenvalue weighted by Gasteiger charge is 2.19. The molecule has 1 atom stereocenters. The van der Waals surface area contributed by atoms with E-state index in [0.717, 1.165) is 24.4 Å². The Hall–Kier alpha value is -1.46. The van der Waals surface area contributed by atoms with E-state index >= 15 is 0 Å². The molecular weight excluding hydrogens is 234 g/mol. The van der Waals surface area contributed by atoms with Crippen LogP contribution in [0.25, 0.3) is 0 Å². The maximum Gasteiger partial charge on any atom is 0.231 e. The zero-order valence-corrected chi connectivity index (χ0v) is 11.0. The van der Waals surface area contributed by atoms with Crippen molar-refractivity contribution in [2.75, 3.05) is 27.6 Å². The first-order valence-corrected chi connectivity index (χ1v) is 5.94. The van der Waals surface area contributed by atoms with Crippen LogP contribution in [-0.4, -0.2) is 33.7 Å². The summed E-state index contributed by atoms with van der Waals surface area (Å²) in [6, 6.07) is 3.92. The molecule has 1 unspecified atom stereocenters. The molecule has 1 heterocycles. The zero-order chi connectivity index (χ0) is 13.0. The summed E-state index contributed by atoms with van der Waals surface area (Å²) in [5.74, 6) is 2.14. The Morgan fingerprint density at radius 3 is 2.89 bits per heavy atom. The maximum atomic E-state index is 5.38. The molecule has 1 aliphatic heterocycles. The highest BCUT2D eigenvalue weighted by molar-refractivity contribution is 5.55. The van der Waals surface area contributed by atoms with Crippen LogP contribution in [0.2, 0.25) is 0 Å². The quantitative estimate of drug-likeness (QED) is 0.833. The van der Waals surface area contributed by atoms with Gasteiger partial charge in [-0.25, -0.2) is 0 Å². The van der Waals surface area contributed by atoms with Gasteiger partial charge in [-0.05, 0) is 24.6 Å². The van der Waals surface area contributed by atoms with Gasteiger partial charge in [0.1, 0.15) is 0 Å². The number of hydrogen-bond acceptors (Lipinski definition) is 5. The summed E-state index contributed by atoms with van der Waals surface area (Å²) in [5.41, 5.74) is 1.10. The summed E-state index contributed by atoms with van der Waals surface area (Å²) in [4.78, 5) is 0. The van der Waals surface area contributed by atoms with Crippen LogP contribution in [0, 0.1) is 0 Å². The van der Waals surface area contributed by atoms with E-state index in [2.05, 4.69) is 5.32 Å². The fourth-order valence-corrected chi connectivity index (χ4v) is 1.79. The minimum absolute atomic E-state index is 0.195. The summed E-state index contributed by atoms with van der Waals surface area (Å²) in [7, 11) is 3.33. The lowest BCUT2D eigenvalue weighted by Crippen LogP contribution is -2.25. The summed E-state index contributed by atoms with van der Waals surface area (Å²) < 4.78 is 21.2. The molecule has 1 aromatic rings. The maximum absolute atomic E-state index is 5.38. The molecule has 5 nitrogen and oxygen atoms in total. The van der Waals surface area contributed by atoms with Gasteiger partial charge in [-0.1, -0.05) is 0 Å². The second-order valence-corrected chi connectivity index (χ2v) is 4.21.